The lowest BCUT2D eigenvalue weighted by molar-refractivity contribution is 0.0224. The summed E-state index contributed by atoms with van der Waals surface area (Å²) < 4.78 is 11.7. The van der Waals surface area contributed by atoms with E-state index in [9.17, 15) is 24.9 Å². The lowest BCUT2D eigenvalue weighted by Crippen LogP contribution is -2.32. The van der Waals surface area contributed by atoms with E-state index in [4.69, 9.17) is 9.47 Å². The number of aromatic hydroxyl groups is 2. The summed E-state index contributed by atoms with van der Waals surface area (Å²) >= 11 is 0. The van der Waals surface area contributed by atoms with E-state index in [2.05, 4.69) is 0 Å². The molecule has 0 unspecified atom stereocenters. The van der Waals surface area contributed by atoms with Crippen LogP contribution in [0.1, 0.15) is 37.4 Å². The molecule has 2 heterocycles. The molecule has 5 rings (SSSR count). The summed E-state index contributed by atoms with van der Waals surface area (Å²) in [4.78, 5) is 24.0. The fourth-order valence-corrected chi connectivity index (χ4v) is 3.84. The van der Waals surface area contributed by atoms with E-state index in [1.54, 1.807) is 18.2 Å². The number of aromatic carboxylic acids is 1. The Hall–Kier alpha value is -4.04. The monoisotopic (exact) mass is 393 g/mol. The number of carbonyl (C=O) groups is 2. The molecule has 0 saturated heterocycles. The number of carboxylic acids is 1. The highest BCUT2D eigenvalue weighted by Crippen LogP contribution is 2.56. The number of esters is 1. The van der Waals surface area contributed by atoms with E-state index in [1.165, 1.54) is 36.4 Å². The van der Waals surface area contributed by atoms with Crippen LogP contribution in [0.2, 0.25) is 0 Å². The zero-order chi connectivity index (χ0) is 19.6. The smallest absolute Gasteiger partial charge is 0.340 e. The first-order chi connectivity index (χ1) is 13.4. The van der Waals surface area contributed by atoms with Crippen LogP contribution in [-0.2, 0) is 10.3 Å². The second-order valence-electron chi connectivity index (χ2n) is 6.60. The molecule has 0 radical (unpaired) electrons. The van der Waals surface area contributed by atoms with Crippen LogP contribution < -0.4 is 10.9 Å². The lowest BCUT2D eigenvalue weighted by Gasteiger charge is -2.36. The van der Waals surface area contributed by atoms with Crippen molar-refractivity contribution in [2.45, 2.75) is 5.60 Å². The Labute approximate surface area is 164 Å². The molecule has 8 nitrogen and oxygen atoms in total. The number of carbonyl (C=O) groups excluding carboxylic acids is 1. The summed E-state index contributed by atoms with van der Waals surface area (Å²) in [5, 5.41) is 29.0. The summed E-state index contributed by atoms with van der Waals surface area (Å²) in [5.74, 6) is -1.37. The van der Waals surface area contributed by atoms with Crippen molar-refractivity contribution in [3.8, 4) is 23.0 Å². The summed E-state index contributed by atoms with van der Waals surface area (Å²) in [7, 11) is 0. The van der Waals surface area contributed by atoms with Crippen molar-refractivity contribution in [2.75, 3.05) is 0 Å². The molecule has 0 aromatic heterocycles. The maximum atomic E-state index is 12.7. The third kappa shape index (κ3) is 2.36. The Bertz CT molecular complexity index is 1150. The number of phenolic OH excluding ortho intramolecular Hbond substituents is 2. The molecule has 6 N–H and O–H groups in total. The first kappa shape index (κ1) is 18.3. The van der Waals surface area contributed by atoms with Crippen molar-refractivity contribution in [1.82, 2.24) is 6.15 Å². The molecule has 0 aliphatic carbocycles. The van der Waals surface area contributed by atoms with Crippen molar-refractivity contribution < 1.29 is 34.4 Å². The van der Waals surface area contributed by atoms with Gasteiger partial charge in [-0.1, -0.05) is 6.07 Å². The molecule has 0 atom stereocenters. The van der Waals surface area contributed by atoms with Gasteiger partial charge in [0.25, 0.3) is 0 Å². The SMILES string of the molecule is N.O=C(O)c1ccc2c(c1)C(=O)OC21c2ccc(O)cc2Oc2cc(O)ccc21. The molecular weight excluding hydrogens is 378 g/mol. The summed E-state index contributed by atoms with van der Waals surface area (Å²) in [6.45, 7) is 0. The number of fused-ring (bicyclic) bond motifs is 6. The van der Waals surface area contributed by atoms with Crippen LogP contribution in [-0.4, -0.2) is 27.3 Å². The average Bonchev–Trinajstić information content (AvgIpc) is 2.94. The molecule has 0 amide bonds. The maximum absolute atomic E-state index is 12.7. The normalized spacial score (nSPS) is 14.7. The van der Waals surface area contributed by atoms with Gasteiger partial charge in [0.05, 0.1) is 11.1 Å². The molecule has 2 aliphatic rings. The zero-order valence-electron chi connectivity index (χ0n) is 14.9. The van der Waals surface area contributed by atoms with E-state index < -0.39 is 17.5 Å². The van der Waals surface area contributed by atoms with Gasteiger partial charge in [0, 0.05) is 28.8 Å². The van der Waals surface area contributed by atoms with Gasteiger partial charge < -0.3 is 30.9 Å². The van der Waals surface area contributed by atoms with Crippen LogP contribution >= 0.6 is 0 Å². The third-order valence-electron chi connectivity index (χ3n) is 5.02. The van der Waals surface area contributed by atoms with Crippen LogP contribution in [0.4, 0.5) is 0 Å². The Morgan fingerprint density at radius 2 is 1.38 bits per heavy atom. The first-order valence-electron chi connectivity index (χ1n) is 8.36. The minimum Gasteiger partial charge on any atom is -0.508 e. The predicted molar refractivity (Wildman–Crippen MR) is 100 cm³/mol. The number of hydrogen-bond acceptors (Lipinski definition) is 7. The third-order valence-corrected chi connectivity index (χ3v) is 5.02. The maximum Gasteiger partial charge on any atom is 0.340 e. The summed E-state index contributed by atoms with van der Waals surface area (Å²) in [5.41, 5.74) is 0.159. The summed E-state index contributed by atoms with van der Waals surface area (Å²) in [6.07, 6.45) is 0. The predicted octanol–water partition coefficient (Wildman–Crippen LogP) is 3.53. The van der Waals surface area contributed by atoms with Crippen LogP contribution in [0.3, 0.4) is 0 Å². The van der Waals surface area contributed by atoms with Crippen LogP contribution in [0.5, 0.6) is 23.0 Å². The van der Waals surface area contributed by atoms with Gasteiger partial charge in [-0.3, -0.25) is 0 Å². The van der Waals surface area contributed by atoms with E-state index in [1.807, 2.05) is 0 Å². The minimum atomic E-state index is -1.38. The number of hydrogen-bond donors (Lipinski definition) is 4. The Kier molecular flexibility index (Phi) is 3.78. The second-order valence-corrected chi connectivity index (χ2v) is 6.60. The molecule has 3 aromatic carbocycles. The molecule has 3 aromatic rings. The van der Waals surface area contributed by atoms with Crippen molar-refractivity contribution in [3.63, 3.8) is 0 Å². The van der Waals surface area contributed by atoms with E-state index >= 15 is 0 Å². The van der Waals surface area contributed by atoms with Crippen LogP contribution in [0.25, 0.3) is 0 Å². The molecule has 8 heteroatoms. The number of carboxylic acid groups (broad SMARTS) is 1. The molecule has 146 valence electrons. The Balaban J connectivity index is 0.00000205. The minimum absolute atomic E-state index is 0. The number of ether oxygens (including phenoxy) is 2. The Morgan fingerprint density at radius 1 is 0.828 bits per heavy atom. The van der Waals surface area contributed by atoms with Gasteiger partial charge in [-0.25, -0.2) is 9.59 Å². The molecular formula is C21H15NO7. The number of benzene rings is 3. The highest BCUT2D eigenvalue weighted by molar-refractivity contribution is 6.00. The molecule has 2 aliphatic heterocycles. The fraction of sp³-hybridized carbons (Fsp3) is 0.0476. The average molecular weight is 393 g/mol. The van der Waals surface area contributed by atoms with E-state index in [0.717, 1.165) is 0 Å². The van der Waals surface area contributed by atoms with Crippen molar-refractivity contribution in [1.29, 1.82) is 0 Å². The molecule has 0 bridgehead atoms. The number of phenols is 2. The standard InChI is InChI=1S/C21H12O7.H3N/c22-11-2-5-15-17(8-11)27-18-9-12(23)3-6-16(18)21(15)14-4-1-10(19(24)25)7-13(14)20(26)28-21;/h1-9,22-23H,(H,24,25);1H3. The largest absolute Gasteiger partial charge is 0.508 e. The van der Waals surface area contributed by atoms with Crippen LogP contribution in [0.15, 0.2) is 54.6 Å². The van der Waals surface area contributed by atoms with Gasteiger partial charge in [-0.05, 0) is 36.4 Å². The topological polar surface area (TPSA) is 148 Å². The molecule has 0 fully saturated rings. The number of rotatable bonds is 1. The van der Waals surface area contributed by atoms with Gasteiger partial charge in [-0.15, -0.1) is 0 Å². The van der Waals surface area contributed by atoms with Crippen molar-refractivity contribution in [3.05, 3.63) is 82.4 Å². The zero-order valence-corrected chi connectivity index (χ0v) is 14.9. The highest BCUT2D eigenvalue weighted by atomic mass is 16.6. The van der Waals surface area contributed by atoms with Gasteiger partial charge in [0.1, 0.15) is 23.0 Å². The Morgan fingerprint density at radius 3 is 1.93 bits per heavy atom. The van der Waals surface area contributed by atoms with Crippen molar-refractivity contribution >= 4 is 11.9 Å². The van der Waals surface area contributed by atoms with Gasteiger partial charge >= 0.3 is 11.9 Å². The molecule has 1 spiro atoms. The summed E-state index contributed by atoms with van der Waals surface area (Å²) in [6, 6.07) is 13.1. The van der Waals surface area contributed by atoms with E-state index in [0.29, 0.717) is 16.7 Å². The van der Waals surface area contributed by atoms with Gasteiger partial charge in [0.2, 0.25) is 0 Å². The molecule has 0 saturated carbocycles. The molecule has 29 heavy (non-hydrogen) atoms. The fourth-order valence-electron chi connectivity index (χ4n) is 3.84. The first-order valence-corrected chi connectivity index (χ1v) is 8.36. The lowest BCUT2D eigenvalue weighted by atomic mass is 9.77. The van der Waals surface area contributed by atoms with Crippen LogP contribution in [0, 0.1) is 0 Å². The second kappa shape index (κ2) is 5.98. The van der Waals surface area contributed by atoms with Crippen molar-refractivity contribution in [2.24, 2.45) is 0 Å². The quantitative estimate of drug-likeness (QED) is 0.459. The van der Waals surface area contributed by atoms with Gasteiger partial charge in [-0.2, -0.15) is 0 Å². The van der Waals surface area contributed by atoms with E-state index in [-0.39, 0.29) is 40.3 Å². The van der Waals surface area contributed by atoms with Gasteiger partial charge in [0.15, 0.2) is 5.60 Å². The highest BCUT2D eigenvalue weighted by Gasteiger charge is 2.53.